The van der Waals surface area contributed by atoms with Crippen molar-refractivity contribution in [1.29, 1.82) is 0 Å². The van der Waals surface area contributed by atoms with Crippen LogP contribution in [0.25, 0.3) is 0 Å². The summed E-state index contributed by atoms with van der Waals surface area (Å²) in [6.07, 6.45) is 3.06. The minimum absolute atomic E-state index is 1.02. The summed E-state index contributed by atoms with van der Waals surface area (Å²) in [6, 6.07) is 12.9. The van der Waals surface area contributed by atoms with Crippen molar-refractivity contribution >= 4 is 23.3 Å². The van der Waals surface area contributed by atoms with Crippen LogP contribution in [0.5, 0.6) is 0 Å². The van der Waals surface area contributed by atoms with Crippen molar-refractivity contribution in [2.45, 2.75) is 16.2 Å². The smallest absolute Gasteiger partial charge is 0.147 e. The van der Waals surface area contributed by atoms with E-state index in [0.29, 0.717) is 0 Å². The number of piperazine rings is 1. The number of benzene rings is 1. The molecule has 0 amide bonds. The van der Waals surface area contributed by atoms with Gasteiger partial charge in [-0.2, -0.15) is 0 Å². The molecule has 0 spiro atoms. The molecule has 0 radical (unpaired) electrons. The Bertz CT molecular complexity index is 624. The highest BCUT2D eigenvalue weighted by molar-refractivity contribution is 7.99. The lowest BCUT2D eigenvalue weighted by atomic mass is 10.2. The van der Waals surface area contributed by atoms with Gasteiger partial charge in [0.2, 0.25) is 0 Å². The molecule has 1 aromatic carbocycles. The Kier molecular flexibility index (Phi) is 4.50. The molecule has 120 valence electrons. The minimum atomic E-state index is 1.02. The van der Waals surface area contributed by atoms with E-state index in [1.807, 2.05) is 24.0 Å². The fourth-order valence-electron chi connectivity index (χ4n) is 3.28. The van der Waals surface area contributed by atoms with Crippen molar-refractivity contribution in [2.24, 2.45) is 0 Å². The van der Waals surface area contributed by atoms with Crippen LogP contribution >= 0.6 is 11.8 Å². The van der Waals surface area contributed by atoms with Crippen LogP contribution in [-0.4, -0.2) is 49.2 Å². The molecular formula is C18H22N4S. The molecule has 1 saturated heterocycles. The van der Waals surface area contributed by atoms with Crippen LogP contribution in [0.3, 0.4) is 0 Å². The van der Waals surface area contributed by atoms with Crippen molar-refractivity contribution in [1.82, 2.24) is 15.2 Å². The lowest BCUT2D eigenvalue weighted by Gasteiger charge is -2.33. The molecule has 4 nitrogen and oxygen atoms in total. The third-order valence-electron chi connectivity index (χ3n) is 4.45. The van der Waals surface area contributed by atoms with Crippen LogP contribution in [0.4, 0.5) is 11.5 Å². The number of hydrogen-bond donors (Lipinski definition) is 1. The van der Waals surface area contributed by atoms with Crippen LogP contribution in [-0.2, 0) is 0 Å². The van der Waals surface area contributed by atoms with E-state index in [-0.39, 0.29) is 0 Å². The highest BCUT2D eigenvalue weighted by Gasteiger charge is 2.23. The van der Waals surface area contributed by atoms with E-state index >= 15 is 0 Å². The summed E-state index contributed by atoms with van der Waals surface area (Å²) in [5, 5.41) is 3.42. The molecule has 5 heteroatoms. The second kappa shape index (κ2) is 6.91. The summed E-state index contributed by atoms with van der Waals surface area (Å²) in [6.45, 7) is 6.75. The fraction of sp³-hybridized carbons (Fsp3) is 0.389. The molecule has 2 aromatic rings. The number of nitrogens with one attached hydrogen (secondary N) is 1. The summed E-state index contributed by atoms with van der Waals surface area (Å²) in [5.74, 6) is 1.11. The highest BCUT2D eigenvalue weighted by Crippen LogP contribution is 2.46. The van der Waals surface area contributed by atoms with Gasteiger partial charge in [-0.05, 0) is 37.2 Å². The number of hydrogen-bond acceptors (Lipinski definition) is 5. The number of aromatic nitrogens is 1. The van der Waals surface area contributed by atoms with Crippen LogP contribution < -0.4 is 10.2 Å². The number of nitrogens with zero attached hydrogens (tertiary/aromatic N) is 3. The van der Waals surface area contributed by atoms with Gasteiger partial charge in [0.15, 0.2) is 0 Å². The SMILES string of the molecule is c1ccc2c(c1)Sc1cccnc1N2CCCN1CCNCC1. The van der Waals surface area contributed by atoms with Crippen LogP contribution in [0.2, 0.25) is 0 Å². The molecule has 0 atom stereocenters. The van der Waals surface area contributed by atoms with Gasteiger partial charge in [0, 0.05) is 43.8 Å². The summed E-state index contributed by atoms with van der Waals surface area (Å²) in [4.78, 5) is 12.2. The number of para-hydroxylation sites is 1. The van der Waals surface area contributed by atoms with Crippen LogP contribution in [0.15, 0.2) is 52.4 Å². The molecule has 2 aliphatic rings. The number of pyridine rings is 1. The maximum Gasteiger partial charge on any atom is 0.147 e. The first-order valence-corrected chi connectivity index (χ1v) is 9.16. The van der Waals surface area contributed by atoms with Crippen molar-refractivity contribution in [3.05, 3.63) is 42.6 Å². The zero-order chi connectivity index (χ0) is 15.5. The van der Waals surface area contributed by atoms with Crippen molar-refractivity contribution in [3.8, 4) is 0 Å². The molecule has 1 N–H and O–H groups in total. The second-order valence-electron chi connectivity index (χ2n) is 5.99. The van der Waals surface area contributed by atoms with E-state index in [0.717, 1.165) is 38.4 Å². The van der Waals surface area contributed by atoms with Crippen LogP contribution in [0, 0.1) is 0 Å². The zero-order valence-corrected chi connectivity index (χ0v) is 14.1. The Hall–Kier alpha value is -1.56. The zero-order valence-electron chi connectivity index (χ0n) is 13.2. The molecule has 4 rings (SSSR count). The minimum Gasteiger partial charge on any atom is -0.324 e. The molecule has 23 heavy (non-hydrogen) atoms. The molecule has 0 unspecified atom stereocenters. The first kappa shape index (κ1) is 15.0. The van der Waals surface area contributed by atoms with Gasteiger partial charge in [-0.1, -0.05) is 23.9 Å². The van der Waals surface area contributed by atoms with Gasteiger partial charge < -0.3 is 15.1 Å². The summed E-state index contributed by atoms with van der Waals surface area (Å²) in [5.41, 5.74) is 1.30. The third kappa shape index (κ3) is 3.22. The third-order valence-corrected chi connectivity index (χ3v) is 5.55. The van der Waals surface area contributed by atoms with Crippen molar-refractivity contribution in [3.63, 3.8) is 0 Å². The van der Waals surface area contributed by atoms with E-state index in [4.69, 9.17) is 0 Å². The van der Waals surface area contributed by atoms with Gasteiger partial charge in [-0.15, -0.1) is 0 Å². The predicted molar refractivity (Wildman–Crippen MR) is 95.7 cm³/mol. The van der Waals surface area contributed by atoms with E-state index in [9.17, 15) is 0 Å². The van der Waals surface area contributed by atoms with E-state index in [2.05, 4.69) is 50.4 Å². The largest absolute Gasteiger partial charge is 0.324 e. The Balaban J connectivity index is 1.50. The van der Waals surface area contributed by atoms with Gasteiger partial charge in [0.05, 0.1) is 10.6 Å². The first-order chi connectivity index (χ1) is 11.4. The highest BCUT2D eigenvalue weighted by atomic mass is 32.2. The standard InChI is InChI=1S/C18H22N4S/c1-2-6-16-15(5-1)22(18-17(23-16)7-3-8-20-18)12-4-11-21-13-9-19-10-14-21/h1-3,5-8,19H,4,9-14H2. The van der Waals surface area contributed by atoms with E-state index in [1.165, 1.54) is 28.6 Å². The van der Waals surface area contributed by atoms with Gasteiger partial charge in [0.25, 0.3) is 0 Å². The Morgan fingerprint density at radius 3 is 2.74 bits per heavy atom. The number of rotatable bonds is 4. The average molecular weight is 326 g/mol. The Morgan fingerprint density at radius 2 is 1.83 bits per heavy atom. The van der Waals surface area contributed by atoms with E-state index < -0.39 is 0 Å². The second-order valence-corrected chi connectivity index (χ2v) is 7.08. The molecule has 3 heterocycles. The molecule has 2 aliphatic heterocycles. The average Bonchev–Trinajstić information content (AvgIpc) is 2.62. The molecule has 0 aliphatic carbocycles. The topological polar surface area (TPSA) is 31.4 Å². The molecule has 1 fully saturated rings. The maximum atomic E-state index is 4.65. The predicted octanol–water partition coefficient (Wildman–Crippen LogP) is 2.98. The summed E-state index contributed by atoms with van der Waals surface area (Å²) in [7, 11) is 0. The summed E-state index contributed by atoms with van der Waals surface area (Å²) < 4.78 is 0. The van der Waals surface area contributed by atoms with E-state index in [1.54, 1.807) is 0 Å². The Morgan fingerprint density at radius 1 is 1.00 bits per heavy atom. The lowest BCUT2D eigenvalue weighted by Crippen LogP contribution is -2.44. The summed E-state index contributed by atoms with van der Waals surface area (Å²) >= 11 is 1.82. The maximum absolute atomic E-state index is 4.65. The van der Waals surface area contributed by atoms with Crippen molar-refractivity contribution < 1.29 is 0 Å². The lowest BCUT2D eigenvalue weighted by molar-refractivity contribution is 0.239. The van der Waals surface area contributed by atoms with Gasteiger partial charge in [-0.25, -0.2) is 4.98 Å². The van der Waals surface area contributed by atoms with Crippen molar-refractivity contribution in [2.75, 3.05) is 44.2 Å². The normalized spacial score (nSPS) is 17.7. The monoisotopic (exact) mass is 326 g/mol. The molecule has 0 bridgehead atoms. The fourth-order valence-corrected chi connectivity index (χ4v) is 4.34. The van der Waals surface area contributed by atoms with Gasteiger partial charge >= 0.3 is 0 Å². The number of anilines is 2. The van der Waals surface area contributed by atoms with Gasteiger partial charge in [0.1, 0.15) is 5.82 Å². The number of fused-ring (bicyclic) bond motifs is 2. The first-order valence-electron chi connectivity index (χ1n) is 8.34. The molecule has 0 saturated carbocycles. The molecule has 1 aromatic heterocycles. The Labute approximate surface area is 141 Å². The van der Waals surface area contributed by atoms with Gasteiger partial charge in [-0.3, -0.25) is 0 Å². The quantitative estimate of drug-likeness (QED) is 0.933. The van der Waals surface area contributed by atoms with Crippen LogP contribution in [0.1, 0.15) is 6.42 Å². The molecular weight excluding hydrogens is 304 g/mol.